The van der Waals surface area contributed by atoms with Crippen LogP contribution in [-0.2, 0) is 24.7 Å². The van der Waals surface area contributed by atoms with Crippen LogP contribution in [0.15, 0.2) is 18.3 Å². The lowest BCUT2D eigenvalue weighted by Gasteiger charge is -2.15. The normalized spacial score (nSPS) is 10.5. The van der Waals surface area contributed by atoms with E-state index >= 15 is 0 Å². The molecular formula is C15H20N4O2. The maximum atomic E-state index is 11.3. The van der Waals surface area contributed by atoms with Gasteiger partial charge in [-0.3, -0.25) is 4.79 Å². The molecule has 0 unspecified atom stereocenters. The van der Waals surface area contributed by atoms with Gasteiger partial charge in [0.2, 0.25) is 0 Å². The molecule has 1 aromatic heterocycles. The number of carbonyl (C=O) groups excluding carboxylic acids is 1. The molecule has 0 amide bonds. The van der Waals surface area contributed by atoms with E-state index in [1.807, 2.05) is 26.0 Å². The lowest BCUT2D eigenvalue weighted by molar-refractivity contribution is -0.132. The van der Waals surface area contributed by atoms with E-state index in [-0.39, 0.29) is 5.97 Å². The van der Waals surface area contributed by atoms with Crippen LogP contribution in [0.5, 0.6) is 5.75 Å². The predicted molar refractivity (Wildman–Crippen MR) is 80.8 cm³/mol. The summed E-state index contributed by atoms with van der Waals surface area (Å²) in [6.07, 6.45) is 3.23. The molecule has 6 nitrogen and oxygen atoms in total. The Morgan fingerprint density at radius 1 is 1.29 bits per heavy atom. The van der Waals surface area contributed by atoms with Gasteiger partial charge in [-0.05, 0) is 36.1 Å². The van der Waals surface area contributed by atoms with Crippen molar-refractivity contribution in [3.8, 4) is 5.75 Å². The van der Waals surface area contributed by atoms with Crippen LogP contribution in [0, 0.1) is 0 Å². The third kappa shape index (κ3) is 3.59. The molecule has 0 atom stereocenters. The number of anilines is 2. The van der Waals surface area contributed by atoms with Gasteiger partial charge in [-0.1, -0.05) is 13.8 Å². The standard InChI is InChI=1S/C15H20N4O2/c1-5-11-7-13(17-14-9-16-19(4)18-14)8-12(6-2)15(11)21-10(3)20/h7-9H,5-6H2,1-4H3,(H,17,18). The van der Waals surface area contributed by atoms with E-state index in [1.165, 1.54) is 11.7 Å². The summed E-state index contributed by atoms with van der Waals surface area (Å²) in [6, 6.07) is 3.96. The summed E-state index contributed by atoms with van der Waals surface area (Å²) in [5.74, 6) is 1.06. The van der Waals surface area contributed by atoms with E-state index in [4.69, 9.17) is 4.74 Å². The quantitative estimate of drug-likeness (QED) is 0.676. The third-order valence-corrected chi connectivity index (χ3v) is 3.12. The molecule has 0 radical (unpaired) electrons. The zero-order valence-electron chi connectivity index (χ0n) is 12.8. The molecule has 21 heavy (non-hydrogen) atoms. The summed E-state index contributed by atoms with van der Waals surface area (Å²) >= 11 is 0. The molecule has 0 aliphatic rings. The van der Waals surface area contributed by atoms with Gasteiger partial charge in [0, 0.05) is 19.7 Å². The number of carbonyl (C=O) groups is 1. The number of benzene rings is 1. The zero-order valence-corrected chi connectivity index (χ0v) is 12.8. The highest BCUT2D eigenvalue weighted by Gasteiger charge is 2.13. The van der Waals surface area contributed by atoms with E-state index in [0.717, 1.165) is 29.7 Å². The fraction of sp³-hybridized carbons (Fsp3) is 0.400. The molecule has 2 aromatic rings. The van der Waals surface area contributed by atoms with Crippen LogP contribution in [0.1, 0.15) is 31.9 Å². The predicted octanol–water partition coefficient (Wildman–Crippen LogP) is 2.61. The molecule has 1 aromatic carbocycles. The molecule has 0 spiro atoms. The van der Waals surface area contributed by atoms with Crippen LogP contribution in [0.2, 0.25) is 0 Å². The molecule has 0 aliphatic carbocycles. The molecule has 112 valence electrons. The minimum Gasteiger partial charge on any atom is -0.426 e. The number of ether oxygens (including phenoxy) is 1. The number of hydrogen-bond donors (Lipinski definition) is 1. The first-order valence-electron chi connectivity index (χ1n) is 7.01. The van der Waals surface area contributed by atoms with E-state index in [1.54, 1.807) is 13.2 Å². The van der Waals surface area contributed by atoms with Crippen molar-refractivity contribution < 1.29 is 9.53 Å². The van der Waals surface area contributed by atoms with E-state index in [0.29, 0.717) is 11.6 Å². The maximum Gasteiger partial charge on any atom is 0.308 e. The molecule has 0 saturated carbocycles. The van der Waals surface area contributed by atoms with E-state index < -0.39 is 0 Å². The highest BCUT2D eigenvalue weighted by atomic mass is 16.5. The van der Waals surface area contributed by atoms with Crippen LogP contribution in [-0.4, -0.2) is 21.0 Å². The first-order chi connectivity index (χ1) is 10.0. The molecule has 0 aliphatic heterocycles. The number of nitrogens with one attached hydrogen (secondary N) is 1. The number of nitrogens with zero attached hydrogens (tertiary/aromatic N) is 3. The summed E-state index contributed by atoms with van der Waals surface area (Å²) in [6.45, 7) is 5.49. The average Bonchev–Trinajstić information content (AvgIpc) is 2.84. The maximum absolute atomic E-state index is 11.3. The van der Waals surface area contributed by atoms with Gasteiger partial charge < -0.3 is 10.1 Å². The molecular weight excluding hydrogens is 268 g/mol. The van der Waals surface area contributed by atoms with E-state index in [9.17, 15) is 4.79 Å². The molecule has 1 heterocycles. The van der Waals surface area contributed by atoms with Crippen molar-refractivity contribution in [2.75, 3.05) is 5.32 Å². The highest BCUT2D eigenvalue weighted by Crippen LogP contribution is 2.30. The lowest BCUT2D eigenvalue weighted by atomic mass is 10.0. The van der Waals surface area contributed by atoms with E-state index in [2.05, 4.69) is 15.5 Å². The van der Waals surface area contributed by atoms with Crippen molar-refractivity contribution in [3.05, 3.63) is 29.5 Å². The second-order valence-corrected chi connectivity index (χ2v) is 4.77. The number of hydrogen-bond acceptors (Lipinski definition) is 5. The van der Waals surface area contributed by atoms with Gasteiger partial charge >= 0.3 is 5.97 Å². The first kappa shape index (κ1) is 15.0. The van der Waals surface area contributed by atoms with Gasteiger partial charge in [0.25, 0.3) is 0 Å². The lowest BCUT2D eigenvalue weighted by Crippen LogP contribution is -2.07. The summed E-state index contributed by atoms with van der Waals surface area (Å²) in [5, 5.41) is 11.4. The van der Waals surface area contributed by atoms with Gasteiger partial charge in [-0.25, -0.2) is 0 Å². The van der Waals surface area contributed by atoms with Crippen molar-refractivity contribution in [1.82, 2.24) is 15.0 Å². The summed E-state index contributed by atoms with van der Waals surface area (Å²) in [5.41, 5.74) is 2.91. The fourth-order valence-corrected chi connectivity index (χ4v) is 2.18. The van der Waals surface area contributed by atoms with Gasteiger partial charge in [0.05, 0.1) is 6.20 Å². The van der Waals surface area contributed by atoms with Crippen LogP contribution in [0.25, 0.3) is 0 Å². The molecule has 1 N–H and O–H groups in total. The molecule has 0 saturated heterocycles. The molecule has 6 heteroatoms. The summed E-state index contributed by atoms with van der Waals surface area (Å²) in [7, 11) is 1.77. The van der Waals surface area contributed by atoms with Crippen molar-refractivity contribution in [2.24, 2.45) is 7.05 Å². The van der Waals surface area contributed by atoms with Gasteiger partial charge in [-0.2, -0.15) is 9.90 Å². The second kappa shape index (κ2) is 6.39. The molecule has 2 rings (SSSR count). The number of aryl methyl sites for hydroxylation is 3. The van der Waals surface area contributed by atoms with Crippen LogP contribution >= 0.6 is 0 Å². The molecule has 0 bridgehead atoms. The molecule has 0 fully saturated rings. The second-order valence-electron chi connectivity index (χ2n) is 4.77. The Morgan fingerprint density at radius 2 is 1.90 bits per heavy atom. The average molecular weight is 288 g/mol. The van der Waals surface area contributed by atoms with Gasteiger partial charge in [0.1, 0.15) is 5.75 Å². The van der Waals surface area contributed by atoms with Crippen LogP contribution in [0.4, 0.5) is 11.5 Å². The Labute approximate surface area is 124 Å². The Bertz CT molecular complexity index is 624. The fourth-order valence-electron chi connectivity index (χ4n) is 2.18. The van der Waals surface area contributed by atoms with Crippen molar-refractivity contribution >= 4 is 17.5 Å². The van der Waals surface area contributed by atoms with Crippen molar-refractivity contribution in [2.45, 2.75) is 33.6 Å². The number of esters is 1. The summed E-state index contributed by atoms with van der Waals surface area (Å²) < 4.78 is 5.37. The number of aromatic nitrogens is 3. The van der Waals surface area contributed by atoms with Crippen LogP contribution < -0.4 is 10.1 Å². The summed E-state index contributed by atoms with van der Waals surface area (Å²) in [4.78, 5) is 12.8. The zero-order chi connectivity index (χ0) is 15.4. The SMILES string of the molecule is CCc1cc(Nc2cnn(C)n2)cc(CC)c1OC(C)=O. The van der Waals surface area contributed by atoms with Gasteiger partial charge in [-0.15, -0.1) is 5.10 Å². The smallest absolute Gasteiger partial charge is 0.308 e. The minimum atomic E-state index is -0.297. The topological polar surface area (TPSA) is 69.0 Å². The highest BCUT2D eigenvalue weighted by molar-refractivity contribution is 5.72. The van der Waals surface area contributed by atoms with Crippen LogP contribution in [0.3, 0.4) is 0 Å². The largest absolute Gasteiger partial charge is 0.426 e. The monoisotopic (exact) mass is 288 g/mol. The van der Waals surface area contributed by atoms with Crippen molar-refractivity contribution in [3.63, 3.8) is 0 Å². The minimum absolute atomic E-state index is 0.297. The first-order valence-corrected chi connectivity index (χ1v) is 7.01. The number of rotatable bonds is 5. The Balaban J connectivity index is 2.37. The van der Waals surface area contributed by atoms with Crippen molar-refractivity contribution in [1.29, 1.82) is 0 Å². The van der Waals surface area contributed by atoms with Gasteiger partial charge in [0.15, 0.2) is 5.82 Å². The third-order valence-electron chi connectivity index (χ3n) is 3.12. The Morgan fingerprint density at radius 3 is 2.33 bits per heavy atom. The Kier molecular flexibility index (Phi) is 4.57. The Hall–Kier alpha value is -2.37.